The summed E-state index contributed by atoms with van der Waals surface area (Å²) < 4.78 is 5.87. The summed E-state index contributed by atoms with van der Waals surface area (Å²) in [6.07, 6.45) is 2.84. The minimum absolute atomic E-state index is 0.0455. The molecule has 2 aromatic heterocycles. The molecule has 3 N–H and O–H groups in total. The molecule has 7 heteroatoms. The molecule has 2 amide bonds. The van der Waals surface area contributed by atoms with Crippen molar-refractivity contribution in [3.8, 4) is 0 Å². The van der Waals surface area contributed by atoms with Crippen molar-refractivity contribution >= 4 is 11.8 Å². The van der Waals surface area contributed by atoms with Crippen molar-refractivity contribution in [1.82, 2.24) is 9.83 Å². The van der Waals surface area contributed by atoms with Gasteiger partial charge in [-0.05, 0) is 12.1 Å². The van der Waals surface area contributed by atoms with Gasteiger partial charge in [0.05, 0.1) is 6.20 Å². The molecule has 0 saturated carbocycles. The van der Waals surface area contributed by atoms with Crippen LogP contribution in [0.25, 0.3) is 0 Å². The molecule has 16 heavy (non-hydrogen) atoms. The van der Waals surface area contributed by atoms with Gasteiger partial charge < -0.3 is 10.3 Å². The molecule has 0 radical (unpaired) electrons. The highest BCUT2D eigenvalue weighted by atomic mass is 16.5. The van der Waals surface area contributed by atoms with Crippen LogP contribution in [-0.2, 0) is 0 Å². The molecule has 2 heterocycles. The van der Waals surface area contributed by atoms with Gasteiger partial charge in [0.2, 0.25) is 5.76 Å². The molecule has 0 fully saturated rings. The van der Waals surface area contributed by atoms with Crippen LogP contribution in [0.4, 0.5) is 0 Å². The number of primary amides is 1. The number of amides is 2. The highest BCUT2D eigenvalue weighted by Gasteiger charge is 2.13. The van der Waals surface area contributed by atoms with E-state index in [0.29, 0.717) is 0 Å². The zero-order valence-electron chi connectivity index (χ0n) is 8.08. The molecule has 0 aliphatic rings. The zero-order chi connectivity index (χ0) is 11.5. The lowest BCUT2D eigenvalue weighted by Crippen LogP contribution is -2.27. The lowest BCUT2D eigenvalue weighted by atomic mass is 10.4. The quantitative estimate of drug-likeness (QED) is 0.757. The van der Waals surface area contributed by atoms with Crippen molar-refractivity contribution < 1.29 is 14.1 Å². The molecule has 2 aromatic rings. The van der Waals surface area contributed by atoms with Gasteiger partial charge in [-0.3, -0.25) is 19.7 Å². The fraction of sp³-hybridized carbons (Fsp3) is 0. The van der Waals surface area contributed by atoms with Crippen molar-refractivity contribution in [3.05, 3.63) is 42.0 Å². The second-order valence-corrected chi connectivity index (χ2v) is 2.95. The Labute approximate surface area is 89.8 Å². The highest BCUT2D eigenvalue weighted by Crippen LogP contribution is 2.01. The maximum Gasteiger partial charge on any atom is 0.308 e. The van der Waals surface area contributed by atoms with E-state index in [1.54, 1.807) is 6.07 Å². The van der Waals surface area contributed by atoms with Crippen LogP contribution in [0.5, 0.6) is 0 Å². The van der Waals surface area contributed by atoms with Crippen LogP contribution in [0.3, 0.4) is 0 Å². The van der Waals surface area contributed by atoms with E-state index in [1.807, 2.05) is 0 Å². The summed E-state index contributed by atoms with van der Waals surface area (Å²) in [5.74, 6) is -1.11. The summed E-state index contributed by atoms with van der Waals surface area (Å²) in [5.41, 5.74) is 7.70. The van der Waals surface area contributed by atoms with Crippen molar-refractivity contribution in [2.45, 2.75) is 0 Å². The number of hydrogen-bond donors (Lipinski definition) is 2. The first kappa shape index (κ1) is 9.97. The first-order valence-corrected chi connectivity index (χ1v) is 4.37. The van der Waals surface area contributed by atoms with Crippen LogP contribution < -0.4 is 11.2 Å². The van der Waals surface area contributed by atoms with E-state index < -0.39 is 11.8 Å². The third kappa shape index (κ3) is 1.78. The third-order valence-corrected chi connectivity index (χ3v) is 1.88. The topological polar surface area (TPSA) is 103 Å². The average Bonchev–Trinajstić information content (AvgIpc) is 2.86. The standard InChI is InChI=1S/C9H8N4O3/c10-8(14)6-2-1-5-13(6)12-9(15)7-3-4-11-16-7/h1-5H,(H2,10,14)(H,12,15). The van der Waals surface area contributed by atoms with Crippen molar-refractivity contribution in [2.24, 2.45) is 5.73 Å². The Morgan fingerprint density at radius 2 is 2.25 bits per heavy atom. The second kappa shape index (κ2) is 3.89. The van der Waals surface area contributed by atoms with Crippen molar-refractivity contribution in [2.75, 3.05) is 5.43 Å². The second-order valence-electron chi connectivity index (χ2n) is 2.95. The summed E-state index contributed by atoms with van der Waals surface area (Å²) in [4.78, 5) is 22.5. The molecule has 0 spiro atoms. The van der Waals surface area contributed by atoms with E-state index in [1.165, 1.54) is 29.2 Å². The molecule has 0 aliphatic heterocycles. The molecular formula is C9H8N4O3. The Morgan fingerprint density at radius 1 is 1.44 bits per heavy atom. The first-order valence-electron chi connectivity index (χ1n) is 4.37. The summed E-state index contributed by atoms with van der Waals surface area (Å²) in [5, 5.41) is 3.39. The Bertz CT molecular complexity index is 515. The van der Waals surface area contributed by atoms with Crippen LogP contribution in [0.2, 0.25) is 0 Å². The summed E-state index contributed by atoms with van der Waals surface area (Å²) in [6, 6.07) is 4.48. The van der Waals surface area contributed by atoms with Gasteiger partial charge in [-0.25, -0.2) is 0 Å². The molecule has 82 valence electrons. The molecule has 0 unspecified atom stereocenters. The van der Waals surface area contributed by atoms with Crippen LogP contribution in [0.1, 0.15) is 21.0 Å². The number of carbonyl (C=O) groups excluding carboxylic acids is 2. The van der Waals surface area contributed by atoms with E-state index in [0.717, 1.165) is 0 Å². The first-order chi connectivity index (χ1) is 7.68. The van der Waals surface area contributed by atoms with E-state index in [9.17, 15) is 9.59 Å². The molecule has 2 rings (SSSR count). The number of aromatic nitrogens is 2. The molecule has 0 saturated heterocycles. The molecular weight excluding hydrogens is 212 g/mol. The number of nitrogens with zero attached hydrogens (tertiary/aromatic N) is 2. The minimum atomic E-state index is -0.636. The minimum Gasteiger partial charge on any atom is -0.364 e. The van der Waals surface area contributed by atoms with E-state index in [-0.39, 0.29) is 11.5 Å². The number of rotatable bonds is 3. The van der Waals surface area contributed by atoms with E-state index >= 15 is 0 Å². The Kier molecular flexibility index (Phi) is 2.42. The third-order valence-electron chi connectivity index (χ3n) is 1.88. The Morgan fingerprint density at radius 3 is 2.88 bits per heavy atom. The molecule has 0 atom stereocenters. The fourth-order valence-corrected chi connectivity index (χ4v) is 1.18. The van der Waals surface area contributed by atoms with Gasteiger partial charge in [-0.1, -0.05) is 5.16 Å². The average molecular weight is 220 g/mol. The predicted octanol–water partition coefficient (Wildman–Crippen LogP) is -0.0411. The van der Waals surface area contributed by atoms with Gasteiger partial charge in [0.25, 0.3) is 5.91 Å². The fourth-order valence-electron chi connectivity index (χ4n) is 1.18. The lowest BCUT2D eigenvalue weighted by Gasteiger charge is -2.06. The van der Waals surface area contributed by atoms with Crippen LogP contribution >= 0.6 is 0 Å². The molecule has 0 aromatic carbocycles. The molecule has 7 nitrogen and oxygen atoms in total. The largest absolute Gasteiger partial charge is 0.364 e. The Hall–Kier alpha value is -2.57. The van der Waals surface area contributed by atoms with Crippen molar-refractivity contribution in [1.29, 1.82) is 0 Å². The lowest BCUT2D eigenvalue weighted by molar-refractivity contribution is 0.0968. The summed E-state index contributed by atoms with van der Waals surface area (Å²) in [7, 11) is 0. The van der Waals surface area contributed by atoms with E-state index in [2.05, 4.69) is 15.1 Å². The Balaban J connectivity index is 2.18. The molecule has 0 bridgehead atoms. The van der Waals surface area contributed by atoms with Crippen LogP contribution in [-0.4, -0.2) is 21.6 Å². The normalized spacial score (nSPS) is 10.0. The van der Waals surface area contributed by atoms with Gasteiger partial charge in [-0.2, -0.15) is 0 Å². The molecule has 0 aliphatic carbocycles. The maximum atomic E-state index is 11.5. The monoisotopic (exact) mass is 220 g/mol. The predicted molar refractivity (Wildman–Crippen MR) is 53.1 cm³/mol. The number of nitrogens with two attached hydrogens (primary N) is 1. The van der Waals surface area contributed by atoms with Gasteiger partial charge >= 0.3 is 5.91 Å². The number of hydrogen-bond acceptors (Lipinski definition) is 4. The number of nitrogens with one attached hydrogen (secondary N) is 1. The van der Waals surface area contributed by atoms with Crippen LogP contribution in [0.15, 0.2) is 35.1 Å². The number of carbonyl (C=O) groups is 2. The maximum absolute atomic E-state index is 11.5. The highest BCUT2D eigenvalue weighted by molar-refractivity contribution is 5.98. The summed E-state index contributed by atoms with van der Waals surface area (Å²) >= 11 is 0. The van der Waals surface area contributed by atoms with Crippen molar-refractivity contribution in [3.63, 3.8) is 0 Å². The van der Waals surface area contributed by atoms with Gasteiger partial charge in [0, 0.05) is 12.3 Å². The van der Waals surface area contributed by atoms with Crippen LogP contribution in [0, 0.1) is 0 Å². The smallest absolute Gasteiger partial charge is 0.308 e. The van der Waals surface area contributed by atoms with Gasteiger partial charge in [0.1, 0.15) is 5.69 Å². The van der Waals surface area contributed by atoms with E-state index in [4.69, 9.17) is 5.73 Å². The summed E-state index contributed by atoms with van der Waals surface area (Å²) in [6.45, 7) is 0. The SMILES string of the molecule is NC(=O)c1cccn1NC(=O)c1ccno1. The van der Waals surface area contributed by atoms with Gasteiger partial charge in [0.15, 0.2) is 0 Å². The zero-order valence-corrected chi connectivity index (χ0v) is 8.08. The van der Waals surface area contributed by atoms with Gasteiger partial charge in [-0.15, -0.1) is 0 Å².